The number of β-lactam (4-membered cyclic amide) rings is 1. The lowest BCUT2D eigenvalue weighted by atomic mass is 9.79. The van der Waals surface area contributed by atoms with Crippen LogP contribution < -0.4 is 9.88 Å². The van der Waals surface area contributed by atoms with E-state index in [1.165, 1.54) is 4.90 Å². The molecule has 5 rings (SSSR count). The number of nitrogens with one attached hydrogen (secondary N) is 1. The van der Waals surface area contributed by atoms with Gasteiger partial charge in [0.2, 0.25) is 17.1 Å². The lowest BCUT2D eigenvalue weighted by molar-refractivity contribution is -0.696. The van der Waals surface area contributed by atoms with Crippen LogP contribution in [0.1, 0.15) is 26.0 Å². The van der Waals surface area contributed by atoms with Crippen LogP contribution in [0.4, 0.5) is 0 Å². The SMILES string of the molecule is C[C@@H](O)[C@H]1C(=O)N2C(C(=O)O)=C(S[C@@H]3CN[C@H](/C=C\c4csc5c[n+](CCO)cn45)C3)[C@H](C)[C@H]12. The number of carbonyl (C=O) groups is 2. The van der Waals surface area contributed by atoms with Crippen molar-refractivity contribution in [2.75, 3.05) is 13.2 Å². The summed E-state index contributed by atoms with van der Waals surface area (Å²) >= 11 is 3.21. The average Bonchev–Trinajstić information content (AvgIpc) is 3.51. The number of aliphatic hydroxyl groups is 2. The van der Waals surface area contributed by atoms with E-state index in [-0.39, 0.29) is 41.5 Å². The normalized spacial score (nSPS) is 29.9. The summed E-state index contributed by atoms with van der Waals surface area (Å²) in [6, 6.07) is -0.107. The Hall–Kier alpha value is -2.18. The van der Waals surface area contributed by atoms with Crippen LogP contribution in [-0.4, -0.2) is 73.1 Å². The third-order valence-electron chi connectivity index (χ3n) is 6.94. The Balaban J connectivity index is 1.27. The van der Waals surface area contributed by atoms with E-state index >= 15 is 0 Å². The molecule has 2 aromatic heterocycles. The molecule has 4 N–H and O–H groups in total. The molecule has 0 radical (unpaired) electrons. The van der Waals surface area contributed by atoms with Gasteiger partial charge in [-0.05, 0) is 19.4 Å². The van der Waals surface area contributed by atoms with Crippen LogP contribution in [-0.2, 0) is 16.1 Å². The number of rotatable bonds is 8. The van der Waals surface area contributed by atoms with Crippen LogP contribution in [0.3, 0.4) is 0 Å². The minimum absolute atomic E-state index is 0.0906. The van der Waals surface area contributed by atoms with Crippen molar-refractivity contribution >= 4 is 45.9 Å². The second-order valence-electron chi connectivity index (χ2n) is 9.20. The minimum atomic E-state index is -1.08. The number of carboxylic acid groups (broad SMARTS) is 1. The highest BCUT2D eigenvalue weighted by molar-refractivity contribution is 8.03. The van der Waals surface area contributed by atoms with Gasteiger partial charge in [0.05, 0.1) is 24.7 Å². The quantitative estimate of drug-likeness (QED) is 0.311. The predicted molar refractivity (Wildman–Crippen MR) is 129 cm³/mol. The predicted octanol–water partition coefficient (Wildman–Crippen LogP) is 0.911. The first-order valence-electron chi connectivity index (χ1n) is 11.5. The number of aliphatic hydroxyl groups excluding tert-OH is 2. The second-order valence-corrected chi connectivity index (χ2v) is 11.4. The number of fused-ring (bicyclic) bond motifs is 2. The summed E-state index contributed by atoms with van der Waals surface area (Å²) in [6.45, 7) is 4.97. The Kier molecular flexibility index (Phi) is 6.32. The van der Waals surface area contributed by atoms with E-state index in [1.807, 2.05) is 24.0 Å². The number of thiazole rings is 1. The van der Waals surface area contributed by atoms with Crippen LogP contribution in [0, 0.1) is 11.8 Å². The minimum Gasteiger partial charge on any atom is -0.477 e. The maximum absolute atomic E-state index is 12.5. The van der Waals surface area contributed by atoms with Crippen LogP contribution in [0.5, 0.6) is 0 Å². The van der Waals surface area contributed by atoms with Crippen LogP contribution in [0.2, 0.25) is 0 Å². The van der Waals surface area contributed by atoms with Gasteiger partial charge in [0, 0.05) is 34.0 Å². The first-order chi connectivity index (χ1) is 16.3. The molecule has 0 saturated carbocycles. The zero-order valence-electron chi connectivity index (χ0n) is 19.0. The van der Waals surface area contributed by atoms with Crippen molar-refractivity contribution in [1.29, 1.82) is 0 Å². The van der Waals surface area contributed by atoms with Crippen molar-refractivity contribution in [3.05, 3.63) is 40.3 Å². The van der Waals surface area contributed by atoms with Gasteiger partial charge in [0.1, 0.15) is 24.1 Å². The molecule has 3 aliphatic rings. The number of thioether (sulfide) groups is 1. The van der Waals surface area contributed by atoms with Gasteiger partial charge in [0.25, 0.3) is 0 Å². The molecule has 5 heterocycles. The molecule has 2 aromatic rings. The average molecular weight is 506 g/mol. The third kappa shape index (κ3) is 3.89. The number of amides is 1. The Morgan fingerprint density at radius 3 is 2.97 bits per heavy atom. The largest absolute Gasteiger partial charge is 0.477 e. The lowest BCUT2D eigenvalue weighted by Gasteiger charge is -2.46. The van der Waals surface area contributed by atoms with Gasteiger partial charge in [-0.1, -0.05) is 24.3 Å². The molecule has 0 aromatic carbocycles. The van der Waals surface area contributed by atoms with E-state index in [9.17, 15) is 19.8 Å². The van der Waals surface area contributed by atoms with Crippen molar-refractivity contribution < 1.29 is 29.5 Å². The van der Waals surface area contributed by atoms with Crippen LogP contribution >= 0.6 is 23.1 Å². The van der Waals surface area contributed by atoms with Gasteiger partial charge < -0.3 is 25.5 Å². The topological polar surface area (TPSA) is 118 Å². The van der Waals surface area contributed by atoms with Crippen molar-refractivity contribution in [2.24, 2.45) is 11.8 Å². The molecule has 0 bridgehead atoms. The third-order valence-corrected chi connectivity index (χ3v) is 9.36. The molecule has 182 valence electrons. The molecule has 3 aliphatic heterocycles. The molecular formula is C23H29N4O5S2+. The monoisotopic (exact) mass is 505 g/mol. The molecular weight excluding hydrogens is 476 g/mol. The maximum Gasteiger partial charge on any atom is 0.353 e. The summed E-state index contributed by atoms with van der Waals surface area (Å²) in [5.41, 5.74) is 1.16. The zero-order chi connectivity index (χ0) is 24.1. The van der Waals surface area contributed by atoms with Crippen molar-refractivity contribution in [3.8, 4) is 0 Å². The fourth-order valence-corrected chi connectivity index (χ4v) is 7.69. The number of aromatic nitrogens is 2. The van der Waals surface area contributed by atoms with E-state index in [4.69, 9.17) is 5.11 Å². The smallest absolute Gasteiger partial charge is 0.353 e. The van der Waals surface area contributed by atoms with Gasteiger partial charge in [-0.2, -0.15) is 4.40 Å². The molecule has 34 heavy (non-hydrogen) atoms. The summed E-state index contributed by atoms with van der Waals surface area (Å²) in [6.07, 6.45) is 8.30. The second kappa shape index (κ2) is 9.12. The van der Waals surface area contributed by atoms with Gasteiger partial charge >= 0.3 is 5.97 Å². The van der Waals surface area contributed by atoms with Crippen molar-refractivity contribution in [3.63, 3.8) is 0 Å². The first kappa shape index (κ1) is 23.6. The summed E-state index contributed by atoms with van der Waals surface area (Å²) in [7, 11) is 0. The Bertz CT molecular complexity index is 1190. The molecule has 0 spiro atoms. The van der Waals surface area contributed by atoms with E-state index in [1.54, 1.807) is 30.0 Å². The Morgan fingerprint density at radius 2 is 2.26 bits per heavy atom. The lowest BCUT2D eigenvalue weighted by Crippen LogP contribution is -2.63. The number of carbonyl (C=O) groups excluding carboxylic acids is 1. The molecule has 2 fully saturated rings. The highest BCUT2D eigenvalue weighted by Gasteiger charge is 2.60. The Labute approximate surface area is 205 Å². The number of hydrogen-bond acceptors (Lipinski definition) is 7. The summed E-state index contributed by atoms with van der Waals surface area (Å²) in [5.74, 6) is -2.02. The number of aliphatic carboxylic acids is 1. The molecule has 0 unspecified atom stereocenters. The number of nitrogens with zero attached hydrogens (tertiary/aromatic N) is 3. The maximum atomic E-state index is 12.5. The van der Waals surface area contributed by atoms with Gasteiger partial charge in [-0.3, -0.25) is 4.79 Å². The van der Waals surface area contributed by atoms with Crippen LogP contribution in [0.25, 0.3) is 10.9 Å². The Morgan fingerprint density at radius 1 is 1.47 bits per heavy atom. The number of hydrogen-bond donors (Lipinski definition) is 4. The van der Waals surface area contributed by atoms with E-state index in [0.717, 1.165) is 28.4 Å². The fourth-order valence-electron chi connectivity index (χ4n) is 5.30. The van der Waals surface area contributed by atoms with Gasteiger partial charge in [-0.25, -0.2) is 9.36 Å². The summed E-state index contributed by atoms with van der Waals surface area (Å²) in [4.78, 5) is 27.8. The van der Waals surface area contributed by atoms with E-state index < -0.39 is 18.0 Å². The standard InChI is InChI=1S/C23H28N4O5S2/c1-12-19-18(13(2)29)22(30)27(19)20(23(31)32)21(12)34-16-7-14(24-8-16)3-4-15-10-33-17-9-25(5-6-28)11-26(15)17/h3-4,9-14,16,18-19,24,28-29H,5-8H2,1-2H3/p+1/b4-3-/t12-,13-,14-,16+,18-,19-/m1/s1. The van der Waals surface area contributed by atoms with Crippen molar-refractivity contribution in [1.82, 2.24) is 14.6 Å². The van der Waals surface area contributed by atoms with E-state index in [2.05, 4.69) is 27.2 Å². The van der Waals surface area contributed by atoms with E-state index in [0.29, 0.717) is 6.54 Å². The van der Waals surface area contributed by atoms with Crippen molar-refractivity contribution in [2.45, 2.75) is 50.3 Å². The first-order valence-corrected chi connectivity index (χ1v) is 13.2. The summed E-state index contributed by atoms with van der Waals surface area (Å²) < 4.78 is 4.07. The van der Waals surface area contributed by atoms with Gasteiger partial charge in [-0.15, -0.1) is 11.8 Å². The molecule has 0 aliphatic carbocycles. The molecule has 9 nitrogen and oxygen atoms in total. The highest BCUT2D eigenvalue weighted by atomic mass is 32.2. The summed E-state index contributed by atoms with van der Waals surface area (Å²) in [5, 5.41) is 34.8. The molecule has 2 saturated heterocycles. The molecule has 6 atom stereocenters. The van der Waals surface area contributed by atoms with Gasteiger partial charge in [0.15, 0.2) is 0 Å². The number of imidazole rings is 1. The highest BCUT2D eigenvalue weighted by Crippen LogP contribution is 2.51. The fraction of sp³-hybridized carbons (Fsp3) is 0.522. The molecule has 11 heteroatoms. The number of carboxylic acids is 1. The van der Waals surface area contributed by atoms with Crippen LogP contribution in [0.15, 0.2) is 34.6 Å². The molecule has 1 amide bonds. The zero-order valence-corrected chi connectivity index (χ0v) is 20.6.